The van der Waals surface area contributed by atoms with Crippen LogP contribution >= 0.6 is 0 Å². The molecule has 2 saturated heterocycles. The van der Waals surface area contributed by atoms with E-state index in [1.54, 1.807) is 24.3 Å². The molecule has 2 heterocycles. The minimum absolute atomic E-state index is 0.00468. The molecule has 2 aromatic rings. The number of benzene rings is 2. The van der Waals surface area contributed by atoms with Gasteiger partial charge in [-0.3, -0.25) is 34.2 Å². The minimum Gasteiger partial charge on any atom is -0.326 e. The van der Waals surface area contributed by atoms with E-state index in [0.717, 1.165) is 17.7 Å². The van der Waals surface area contributed by atoms with Gasteiger partial charge in [-0.25, -0.2) is 0 Å². The molecular formula is C22H19FN4O6. The second-order valence-electron chi connectivity index (χ2n) is 7.86. The number of anilines is 2. The highest BCUT2D eigenvalue weighted by molar-refractivity contribution is 6.04. The molecule has 33 heavy (non-hydrogen) atoms. The van der Waals surface area contributed by atoms with Gasteiger partial charge in [-0.1, -0.05) is 12.1 Å². The van der Waals surface area contributed by atoms with Crippen LogP contribution in [-0.2, 0) is 25.7 Å². The van der Waals surface area contributed by atoms with Crippen LogP contribution in [-0.4, -0.2) is 40.0 Å². The summed E-state index contributed by atoms with van der Waals surface area (Å²) in [5, 5.41) is 13.7. The fraction of sp³-hybridized carbons (Fsp3) is 0.273. The van der Waals surface area contributed by atoms with Gasteiger partial charge in [0.2, 0.25) is 29.4 Å². The van der Waals surface area contributed by atoms with E-state index in [2.05, 4.69) is 5.32 Å². The first-order valence-electron chi connectivity index (χ1n) is 10.2. The van der Waals surface area contributed by atoms with Gasteiger partial charge in [-0.05, 0) is 29.8 Å². The molecule has 0 radical (unpaired) electrons. The number of nitrogens with one attached hydrogen (secondary N) is 1. The van der Waals surface area contributed by atoms with Crippen LogP contribution in [0.1, 0.15) is 24.8 Å². The Kier molecular flexibility index (Phi) is 5.86. The van der Waals surface area contributed by atoms with E-state index in [9.17, 15) is 33.7 Å². The average molecular weight is 454 g/mol. The van der Waals surface area contributed by atoms with E-state index in [1.165, 1.54) is 15.9 Å². The molecular weight excluding hydrogens is 435 g/mol. The molecule has 1 N–H and O–H groups in total. The second-order valence-corrected chi connectivity index (χ2v) is 7.86. The highest BCUT2D eigenvalue weighted by Crippen LogP contribution is 2.30. The van der Waals surface area contributed by atoms with Crippen LogP contribution in [0.4, 0.5) is 21.5 Å². The molecule has 2 aromatic carbocycles. The number of likely N-dealkylation sites (tertiary alicyclic amines) is 1. The Balaban J connectivity index is 1.39. The molecule has 2 aliphatic rings. The third kappa shape index (κ3) is 4.56. The lowest BCUT2D eigenvalue weighted by Gasteiger charge is -2.17. The topological polar surface area (TPSA) is 130 Å². The van der Waals surface area contributed by atoms with Crippen molar-refractivity contribution >= 4 is 40.7 Å². The van der Waals surface area contributed by atoms with Crippen molar-refractivity contribution in [1.29, 1.82) is 0 Å². The summed E-state index contributed by atoms with van der Waals surface area (Å²) in [6.45, 7) is 0.173. The van der Waals surface area contributed by atoms with Gasteiger partial charge in [0.25, 0.3) is 0 Å². The molecule has 0 spiro atoms. The van der Waals surface area contributed by atoms with Crippen LogP contribution in [0.25, 0.3) is 0 Å². The molecule has 4 rings (SSSR count). The third-order valence-corrected chi connectivity index (χ3v) is 5.65. The summed E-state index contributed by atoms with van der Waals surface area (Å²) in [5.41, 5.74) is 0.618. The van der Waals surface area contributed by atoms with Crippen LogP contribution in [0.15, 0.2) is 42.5 Å². The first kappa shape index (κ1) is 22.1. The van der Waals surface area contributed by atoms with E-state index in [4.69, 9.17) is 0 Å². The normalized spacial score (nSPS) is 18.2. The maximum Gasteiger partial charge on any atom is 0.306 e. The molecule has 2 fully saturated rings. The smallest absolute Gasteiger partial charge is 0.306 e. The Morgan fingerprint density at radius 1 is 1.06 bits per heavy atom. The molecule has 4 amide bonds. The summed E-state index contributed by atoms with van der Waals surface area (Å²) < 4.78 is 13.6. The molecule has 170 valence electrons. The zero-order chi connectivity index (χ0) is 23.7. The van der Waals surface area contributed by atoms with Gasteiger partial charge in [0.1, 0.15) is 0 Å². The largest absolute Gasteiger partial charge is 0.326 e. The summed E-state index contributed by atoms with van der Waals surface area (Å²) in [6.07, 6.45) is 0.346. The number of nitrogens with zero attached hydrogens (tertiary/aromatic N) is 3. The second kappa shape index (κ2) is 8.77. The van der Waals surface area contributed by atoms with E-state index in [0.29, 0.717) is 5.69 Å². The fourth-order valence-corrected chi connectivity index (χ4v) is 3.86. The predicted octanol–water partition coefficient (Wildman–Crippen LogP) is 2.37. The Labute approximate surface area is 187 Å². The molecule has 10 nitrogen and oxygen atoms in total. The first-order valence-corrected chi connectivity index (χ1v) is 10.2. The number of hydrogen-bond donors (Lipinski definition) is 1. The van der Waals surface area contributed by atoms with Gasteiger partial charge >= 0.3 is 5.69 Å². The Morgan fingerprint density at radius 3 is 2.36 bits per heavy atom. The van der Waals surface area contributed by atoms with E-state index >= 15 is 0 Å². The highest BCUT2D eigenvalue weighted by atomic mass is 19.1. The van der Waals surface area contributed by atoms with Gasteiger partial charge in [-0.15, -0.1) is 0 Å². The molecule has 1 atom stereocenters. The number of hydrogen-bond acceptors (Lipinski definition) is 6. The molecule has 2 aliphatic heterocycles. The summed E-state index contributed by atoms with van der Waals surface area (Å²) >= 11 is 0. The van der Waals surface area contributed by atoms with Crippen LogP contribution in [0, 0.1) is 21.8 Å². The van der Waals surface area contributed by atoms with Crippen molar-refractivity contribution in [3.8, 4) is 0 Å². The molecule has 0 aromatic heterocycles. The quantitative estimate of drug-likeness (QED) is 0.405. The van der Waals surface area contributed by atoms with Crippen molar-refractivity contribution in [2.75, 3.05) is 16.8 Å². The van der Waals surface area contributed by atoms with Crippen LogP contribution in [0.3, 0.4) is 0 Å². The maximum atomic E-state index is 13.6. The number of imide groups is 1. The van der Waals surface area contributed by atoms with E-state index in [-0.39, 0.29) is 49.9 Å². The molecule has 1 unspecified atom stereocenters. The third-order valence-electron chi connectivity index (χ3n) is 5.65. The number of carbonyl (C=O) groups excluding carboxylic acids is 4. The standard InChI is InChI=1S/C22H19FN4O6/c23-17-6-5-16(10-18(17)27(32)33)25-12-14(9-21(25)30)22(31)24-15-3-1-13(2-4-15)11-26-19(28)7-8-20(26)29/h1-6,10,14H,7-9,11-12H2,(H,24,31). The van der Waals surface area contributed by atoms with Crippen LogP contribution in [0.2, 0.25) is 0 Å². The van der Waals surface area contributed by atoms with Gasteiger partial charge in [0.05, 0.1) is 23.1 Å². The number of halogens is 1. The van der Waals surface area contributed by atoms with E-state index < -0.39 is 34.2 Å². The van der Waals surface area contributed by atoms with Crippen molar-refractivity contribution in [3.05, 3.63) is 64.0 Å². The molecule has 0 bridgehead atoms. The van der Waals surface area contributed by atoms with Gasteiger partial charge < -0.3 is 10.2 Å². The fourth-order valence-electron chi connectivity index (χ4n) is 3.86. The summed E-state index contributed by atoms with van der Waals surface area (Å²) in [7, 11) is 0. The maximum absolute atomic E-state index is 13.6. The predicted molar refractivity (Wildman–Crippen MR) is 113 cm³/mol. The van der Waals surface area contributed by atoms with Gasteiger partial charge in [-0.2, -0.15) is 4.39 Å². The van der Waals surface area contributed by atoms with Crippen molar-refractivity contribution in [1.82, 2.24) is 4.90 Å². The Morgan fingerprint density at radius 2 is 1.73 bits per heavy atom. The van der Waals surface area contributed by atoms with Crippen LogP contribution in [0.5, 0.6) is 0 Å². The SMILES string of the molecule is O=C(Nc1ccc(CN2C(=O)CCC2=O)cc1)C1CC(=O)N(c2ccc(F)c([N+](=O)[O-])c2)C1. The Bertz CT molecular complexity index is 1150. The summed E-state index contributed by atoms with van der Waals surface area (Å²) in [4.78, 5) is 61.0. The van der Waals surface area contributed by atoms with Crippen molar-refractivity contribution in [2.45, 2.75) is 25.8 Å². The van der Waals surface area contributed by atoms with Crippen molar-refractivity contribution in [2.24, 2.45) is 5.92 Å². The van der Waals surface area contributed by atoms with Gasteiger partial charge in [0, 0.05) is 37.6 Å². The number of nitro groups is 1. The molecule has 11 heteroatoms. The van der Waals surface area contributed by atoms with Crippen molar-refractivity contribution in [3.63, 3.8) is 0 Å². The zero-order valence-electron chi connectivity index (χ0n) is 17.3. The lowest BCUT2D eigenvalue weighted by atomic mass is 10.1. The lowest BCUT2D eigenvalue weighted by Crippen LogP contribution is -2.28. The monoisotopic (exact) mass is 454 g/mol. The van der Waals surface area contributed by atoms with Crippen molar-refractivity contribution < 1.29 is 28.5 Å². The summed E-state index contributed by atoms with van der Waals surface area (Å²) in [6, 6.07) is 9.80. The number of carbonyl (C=O) groups is 4. The highest BCUT2D eigenvalue weighted by Gasteiger charge is 2.36. The average Bonchev–Trinajstić information content (AvgIpc) is 3.32. The number of rotatable bonds is 6. The number of amides is 4. The van der Waals surface area contributed by atoms with E-state index in [1.807, 2.05) is 0 Å². The van der Waals surface area contributed by atoms with Crippen LogP contribution < -0.4 is 10.2 Å². The summed E-state index contributed by atoms with van der Waals surface area (Å²) in [5.74, 6) is -2.92. The minimum atomic E-state index is -1.01. The first-order chi connectivity index (χ1) is 15.7. The Hall–Kier alpha value is -4.15. The van der Waals surface area contributed by atoms with Gasteiger partial charge in [0.15, 0.2) is 0 Å². The lowest BCUT2D eigenvalue weighted by molar-refractivity contribution is -0.387. The zero-order valence-corrected chi connectivity index (χ0v) is 17.3. The number of nitro benzene ring substituents is 1. The molecule has 0 saturated carbocycles. The molecule has 0 aliphatic carbocycles.